The van der Waals surface area contributed by atoms with Crippen molar-refractivity contribution in [3.8, 4) is 0 Å². The topological polar surface area (TPSA) is 69.6 Å². The smallest absolute Gasteiger partial charge is 0.153 e. The molecule has 3 rings (SSSR count). The molecule has 1 aliphatic heterocycles. The van der Waals surface area contributed by atoms with E-state index in [1.165, 1.54) is 25.7 Å². The minimum absolute atomic E-state index is 0.0550. The van der Waals surface area contributed by atoms with Crippen molar-refractivity contribution in [3.63, 3.8) is 0 Å². The molecule has 0 aromatic carbocycles. The van der Waals surface area contributed by atoms with Crippen molar-refractivity contribution in [2.24, 2.45) is 5.92 Å². The minimum Gasteiger partial charge on any atom is -0.394 e. The van der Waals surface area contributed by atoms with E-state index in [0.29, 0.717) is 18.5 Å². The largest absolute Gasteiger partial charge is 0.394 e. The quantitative estimate of drug-likeness (QED) is 0.723. The fourth-order valence-electron chi connectivity index (χ4n) is 3.42. The van der Waals surface area contributed by atoms with Gasteiger partial charge in [0.25, 0.3) is 0 Å². The summed E-state index contributed by atoms with van der Waals surface area (Å²) < 4.78 is 23.4. The Morgan fingerprint density at radius 1 is 1.30 bits per heavy atom. The van der Waals surface area contributed by atoms with E-state index >= 15 is 0 Å². The van der Waals surface area contributed by atoms with Crippen LogP contribution in [0.4, 0.5) is 0 Å². The highest BCUT2D eigenvalue weighted by molar-refractivity contribution is 7.91. The summed E-state index contributed by atoms with van der Waals surface area (Å²) in [5.74, 6) is 1.06. The number of nitrogens with zero attached hydrogens (tertiary/aromatic N) is 1. The Morgan fingerprint density at radius 2 is 2.00 bits per heavy atom. The average molecular weight is 302 g/mol. The molecule has 2 atom stereocenters. The third-order valence-electron chi connectivity index (χ3n) is 5.00. The van der Waals surface area contributed by atoms with Gasteiger partial charge in [-0.25, -0.2) is 8.42 Å². The molecule has 2 unspecified atom stereocenters. The SMILES string of the molecule is CC1CS(=O)(=O)CCN1CC(CO)(NC1CC1)C1CC1. The third kappa shape index (κ3) is 3.18. The zero-order valence-electron chi connectivity index (χ0n) is 12.2. The van der Waals surface area contributed by atoms with Gasteiger partial charge in [-0.3, -0.25) is 4.90 Å². The molecule has 2 saturated carbocycles. The van der Waals surface area contributed by atoms with Gasteiger partial charge in [0, 0.05) is 25.2 Å². The molecule has 0 spiro atoms. The van der Waals surface area contributed by atoms with Crippen LogP contribution in [0, 0.1) is 5.92 Å². The Balaban J connectivity index is 1.69. The van der Waals surface area contributed by atoms with Crippen LogP contribution in [0.5, 0.6) is 0 Å². The van der Waals surface area contributed by atoms with E-state index in [-0.39, 0.29) is 29.7 Å². The van der Waals surface area contributed by atoms with Gasteiger partial charge >= 0.3 is 0 Å². The van der Waals surface area contributed by atoms with Gasteiger partial charge in [-0.15, -0.1) is 0 Å². The Bertz CT molecular complexity index is 459. The van der Waals surface area contributed by atoms with Gasteiger partial charge in [0.05, 0.1) is 23.7 Å². The molecule has 2 aliphatic carbocycles. The monoisotopic (exact) mass is 302 g/mol. The molecule has 3 fully saturated rings. The lowest BCUT2D eigenvalue weighted by Crippen LogP contribution is -2.62. The molecule has 20 heavy (non-hydrogen) atoms. The van der Waals surface area contributed by atoms with E-state index in [2.05, 4.69) is 10.2 Å². The van der Waals surface area contributed by atoms with Crippen LogP contribution in [-0.2, 0) is 9.84 Å². The number of nitrogens with one attached hydrogen (secondary N) is 1. The fourth-order valence-corrected chi connectivity index (χ4v) is 5.04. The van der Waals surface area contributed by atoms with Crippen molar-refractivity contribution in [1.82, 2.24) is 10.2 Å². The van der Waals surface area contributed by atoms with Crippen molar-refractivity contribution in [1.29, 1.82) is 0 Å². The van der Waals surface area contributed by atoms with Crippen molar-refractivity contribution in [2.45, 2.75) is 50.2 Å². The summed E-state index contributed by atoms with van der Waals surface area (Å²) in [4.78, 5) is 2.25. The van der Waals surface area contributed by atoms with Crippen LogP contribution in [0.2, 0.25) is 0 Å². The summed E-state index contributed by atoms with van der Waals surface area (Å²) in [6, 6.07) is 0.617. The van der Waals surface area contributed by atoms with E-state index in [1.807, 2.05) is 6.92 Å². The summed E-state index contributed by atoms with van der Waals surface area (Å²) in [5.41, 5.74) is -0.212. The molecule has 2 N–H and O–H groups in total. The maximum Gasteiger partial charge on any atom is 0.153 e. The van der Waals surface area contributed by atoms with E-state index in [0.717, 1.165) is 6.54 Å². The van der Waals surface area contributed by atoms with Crippen molar-refractivity contribution < 1.29 is 13.5 Å². The molecular weight excluding hydrogens is 276 g/mol. The second-order valence-corrected chi connectivity index (χ2v) is 9.17. The third-order valence-corrected chi connectivity index (χ3v) is 6.80. The maximum absolute atomic E-state index is 11.7. The van der Waals surface area contributed by atoms with Gasteiger partial charge in [0.1, 0.15) is 0 Å². The molecule has 5 nitrogen and oxygen atoms in total. The van der Waals surface area contributed by atoms with Crippen molar-refractivity contribution in [3.05, 3.63) is 0 Å². The van der Waals surface area contributed by atoms with Gasteiger partial charge in [-0.2, -0.15) is 0 Å². The molecule has 0 amide bonds. The highest BCUT2D eigenvalue weighted by Gasteiger charge is 2.49. The van der Waals surface area contributed by atoms with E-state index in [4.69, 9.17) is 0 Å². The summed E-state index contributed by atoms with van der Waals surface area (Å²) in [6.07, 6.45) is 4.78. The molecule has 116 valence electrons. The van der Waals surface area contributed by atoms with E-state index in [1.54, 1.807) is 0 Å². The second-order valence-electron chi connectivity index (χ2n) is 6.94. The number of aliphatic hydroxyl groups excluding tert-OH is 1. The van der Waals surface area contributed by atoms with Gasteiger partial charge in [-0.1, -0.05) is 0 Å². The molecular formula is C14H26N2O3S. The molecule has 6 heteroatoms. The standard InChI is InChI=1S/C14H26N2O3S/c1-11-8-20(18,19)7-6-16(11)9-14(10-17,12-2-3-12)15-13-4-5-13/h11-13,15,17H,2-10H2,1H3. The number of aliphatic hydroxyl groups is 1. The first-order valence-electron chi connectivity index (χ1n) is 7.77. The predicted molar refractivity (Wildman–Crippen MR) is 78.4 cm³/mol. The molecule has 0 radical (unpaired) electrons. The normalized spacial score (nSPS) is 33.8. The number of rotatable bonds is 6. The van der Waals surface area contributed by atoms with Crippen LogP contribution in [0.25, 0.3) is 0 Å². The fraction of sp³-hybridized carbons (Fsp3) is 1.00. The Hall–Kier alpha value is -0.170. The number of hydrogen-bond acceptors (Lipinski definition) is 5. The average Bonchev–Trinajstić information content (AvgIpc) is 3.24. The molecule has 1 saturated heterocycles. The second kappa shape index (κ2) is 5.23. The Kier molecular flexibility index (Phi) is 3.86. The van der Waals surface area contributed by atoms with Crippen LogP contribution >= 0.6 is 0 Å². The van der Waals surface area contributed by atoms with Gasteiger partial charge in [0.2, 0.25) is 0 Å². The lowest BCUT2D eigenvalue weighted by Gasteiger charge is -2.42. The Labute approximate surface area is 121 Å². The first-order valence-corrected chi connectivity index (χ1v) is 9.59. The van der Waals surface area contributed by atoms with Crippen LogP contribution in [-0.4, -0.2) is 67.2 Å². The number of sulfone groups is 1. The van der Waals surface area contributed by atoms with Crippen molar-refractivity contribution in [2.75, 3.05) is 31.2 Å². The van der Waals surface area contributed by atoms with Crippen molar-refractivity contribution >= 4 is 9.84 Å². The van der Waals surface area contributed by atoms with Gasteiger partial charge < -0.3 is 10.4 Å². The van der Waals surface area contributed by atoms with Crippen LogP contribution in [0.3, 0.4) is 0 Å². The summed E-state index contributed by atoms with van der Waals surface area (Å²) in [6.45, 7) is 3.53. The number of hydrogen-bond donors (Lipinski definition) is 2. The van der Waals surface area contributed by atoms with Gasteiger partial charge in [0.15, 0.2) is 9.84 Å². The van der Waals surface area contributed by atoms with Gasteiger partial charge in [-0.05, 0) is 38.5 Å². The van der Waals surface area contributed by atoms with Crippen LogP contribution in [0.1, 0.15) is 32.6 Å². The first-order chi connectivity index (χ1) is 9.44. The molecule has 0 aromatic heterocycles. The van der Waals surface area contributed by atoms with E-state index < -0.39 is 9.84 Å². The zero-order valence-corrected chi connectivity index (χ0v) is 13.0. The molecule has 0 bridgehead atoms. The zero-order chi connectivity index (χ0) is 14.4. The van der Waals surface area contributed by atoms with E-state index in [9.17, 15) is 13.5 Å². The van der Waals surface area contributed by atoms with Crippen LogP contribution in [0.15, 0.2) is 0 Å². The highest BCUT2D eigenvalue weighted by Crippen LogP contribution is 2.42. The maximum atomic E-state index is 11.7. The predicted octanol–water partition coefficient (Wildman–Crippen LogP) is -0.00160. The molecule has 3 aliphatic rings. The summed E-state index contributed by atoms with van der Waals surface area (Å²) >= 11 is 0. The lowest BCUT2D eigenvalue weighted by molar-refractivity contribution is 0.0767. The highest BCUT2D eigenvalue weighted by atomic mass is 32.2. The first kappa shape index (κ1) is 14.8. The molecule has 1 heterocycles. The molecule has 0 aromatic rings. The lowest BCUT2D eigenvalue weighted by atomic mass is 9.92. The summed E-state index contributed by atoms with van der Waals surface area (Å²) in [7, 11) is -2.87. The summed E-state index contributed by atoms with van der Waals surface area (Å²) in [5, 5.41) is 13.6. The Morgan fingerprint density at radius 3 is 2.50 bits per heavy atom. The minimum atomic E-state index is -2.87. The van der Waals surface area contributed by atoms with Crippen LogP contribution < -0.4 is 5.32 Å².